The first-order valence-corrected chi connectivity index (χ1v) is 9.68. The van der Waals surface area contributed by atoms with E-state index in [2.05, 4.69) is 10.6 Å². The second-order valence-electron chi connectivity index (χ2n) is 6.94. The lowest BCUT2D eigenvalue weighted by atomic mass is 9.74. The van der Waals surface area contributed by atoms with Crippen LogP contribution in [-0.2, 0) is 21.1 Å². The fraction of sp³-hybridized carbons (Fsp3) is 0.650. The van der Waals surface area contributed by atoms with E-state index in [0.29, 0.717) is 63.8 Å². The molecule has 0 spiro atoms. The Balaban J connectivity index is 0.00000420. The van der Waals surface area contributed by atoms with Gasteiger partial charge < -0.3 is 20.1 Å². The van der Waals surface area contributed by atoms with Gasteiger partial charge in [-0.3, -0.25) is 4.99 Å². The fourth-order valence-electron chi connectivity index (χ4n) is 3.32. The molecule has 2 rings (SSSR count). The van der Waals surface area contributed by atoms with E-state index in [9.17, 15) is 13.2 Å². The third kappa shape index (κ3) is 7.93. The van der Waals surface area contributed by atoms with Crippen LogP contribution in [0.2, 0.25) is 0 Å². The maximum absolute atomic E-state index is 13.2. The lowest BCUT2D eigenvalue weighted by molar-refractivity contribution is -0.137. The van der Waals surface area contributed by atoms with Gasteiger partial charge in [-0.05, 0) is 37.8 Å². The minimum atomic E-state index is -4.36. The molecule has 166 valence electrons. The summed E-state index contributed by atoms with van der Waals surface area (Å²) in [5, 5.41) is 6.44. The number of alkyl halides is 3. The predicted molar refractivity (Wildman–Crippen MR) is 119 cm³/mol. The molecule has 1 heterocycles. The number of hydrogen-bond acceptors (Lipinski definition) is 3. The van der Waals surface area contributed by atoms with E-state index in [-0.39, 0.29) is 24.0 Å². The molecule has 0 aromatic heterocycles. The van der Waals surface area contributed by atoms with Crippen LogP contribution in [0.3, 0.4) is 0 Å². The third-order valence-electron chi connectivity index (χ3n) is 4.95. The number of aliphatic imine (C=N–C) groups is 1. The van der Waals surface area contributed by atoms with Gasteiger partial charge in [0.05, 0.1) is 12.1 Å². The molecule has 9 heteroatoms. The zero-order chi connectivity index (χ0) is 20.5. The van der Waals surface area contributed by atoms with Gasteiger partial charge in [-0.25, -0.2) is 0 Å². The summed E-state index contributed by atoms with van der Waals surface area (Å²) in [6, 6.07) is 5.63. The monoisotopic (exact) mass is 529 g/mol. The number of rotatable bonds is 8. The van der Waals surface area contributed by atoms with Gasteiger partial charge in [0.2, 0.25) is 0 Å². The Labute approximate surface area is 187 Å². The Hall–Kier alpha value is -1.07. The molecule has 0 atom stereocenters. The molecule has 2 N–H and O–H groups in total. The maximum atomic E-state index is 13.2. The van der Waals surface area contributed by atoms with Crippen LogP contribution >= 0.6 is 24.0 Å². The van der Waals surface area contributed by atoms with Crippen LogP contribution in [0, 0.1) is 0 Å². The van der Waals surface area contributed by atoms with Gasteiger partial charge in [-0.2, -0.15) is 13.2 Å². The number of benzene rings is 1. The summed E-state index contributed by atoms with van der Waals surface area (Å²) in [4.78, 5) is 4.69. The fourth-order valence-corrected chi connectivity index (χ4v) is 3.32. The maximum Gasteiger partial charge on any atom is 0.416 e. The van der Waals surface area contributed by atoms with Crippen LogP contribution in [0.1, 0.15) is 37.3 Å². The molecule has 1 aromatic rings. The lowest BCUT2D eigenvalue weighted by Gasteiger charge is -2.37. The molecule has 1 aromatic carbocycles. The van der Waals surface area contributed by atoms with Crippen LogP contribution in [0.25, 0.3) is 0 Å². The topological polar surface area (TPSA) is 54.9 Å². The Morgan fingerprint density at radius 3 is 2.59 bits per heavy atom. The second kappa shape index (κ2) is 12.6. The molecular weight excluding hydrogens is 498 g/mol. The predicted octanol–water partition coefficient (Wildman–Crippen LogP) is 3.96. The Bertz CT molecular complexity index is 636. The Kier molecular flexibility index (Phi) is 11.3. The average molecular weight is 529 g/mol. The summed E-state index contributed by atoms with van der Waals surface area (Å²) in [5.41, 5.74) is -0.414. The molecule has 1 fully saturated rings. The van der Waals surface area contributed by atoms with Gasteiger partial charge in [-0.1, -0.05) is 18.2 Å². The molecule has 5 nitrogen and oxygen atoms in total. The first kappa shape index (κ1) is 26.0. The summed E-state index contributed by atoms with van der Waals surface area (Å²) in [6.07, 6.45) is -2.24. The second-order valence-corrected chi connectivity index (χ2v) is 6.94. The minimum absolute atomic E-state index is 0. The number of methoxy groups -OCH3 is 1. The average Bonchev–Trinajstić information content (AvgIpc) is 2.69. The van der Waals surface area contributed by atoms with Crippen molar-refractivity contribution in [1.29, 1.82) is 0 Å². The molecule has 0 radical (unpaired) electrons. The molecular formula is C20H31F3IN3O2. The van der Waals surface area contributed by atoms with E-state index in [1.54, 1.807) is 13.2 Å². The van der Waals surface area contributed by atoms with Crippen LogP contribution in [0.4, 0.5) is 13.2 Å². The van der Waals surface area contributed by atoms with Crippen molar-refractivity contribution in [2.24, 2.45) is 4.99 Å². The third-order valence-corrected chi connectivity index (χ3v) is 4.95. The Morgan fingerprint density at radius 1 is 1.24 bits per heavy atom. The lowest BCUT2D eigenvalue weighted by Crippen LogP contribution is -2.41. The van der Waals surface area contributed by atoms with Crippen molar-refractivity contribution in [2.45, 2.75) is 37.8 Å². The number of nitrogens with zero attached hydrogens (tertiary/aromatic N) is 1. The van der Waals surface area contributed by atoms with Gasteiger partial charge in [-0.15, -0.1) is 24.0 Å². The summed E-state index contributed by atoms with van der Waals surface area (Å²) in [5.74, 6) is 0.663. The van der Waals surface area contributed by atoms with Gasteiger partial charge in [0.25, 0.3) is 0 Å². The zero-order valence-corrected chi connectivity index (χ0v) is 19.3. The van der Waals surface area contributed by atoms with E-state index in [0.717, 1.165) is 12.5 Å². The molecule has 1 aliphatic rings. The molecule has 0 saturated carbocycles. The zero-order valence-electron chi connectivity index (χ0n) is 17.0. The number of ether oxygens (including phenoxy) is 2. The SMILES string of the molecule is CCNC(=NCC1(c2cccc(C(F)(F)F)c2)CCOCC1)NCCCOC.I. The van der Waals surface area contributed by atoms with Crippen molar-refractivity contribution in [3.8, 4) is 0 Å². The van der Waals surface area contributed by atoms with Gasteiger partial charge in [0.15, 0.2) is 5.96 Å². The minimum Gasteiger partial charge on any atom is -0.385 e. The summed E-state index contributed by atoms with van der Waals surface area (Å²) in [7, 11) is 1.66. The molecule has 0 amide bonds. The van der Waals surface area contributed by atoms with Crippen molar-refractivity contribution in [2.75, 3.05) is 46.6 Å². The van der Waals surface area contributed by atoms with Crippen LogP contribution in [-0.4, -0.2) is 52.5 Å². The largest absolute Gasteiger partial charge is 0.416 e. The van der Waals surface area contributed by atoms with E-state index in [1.807, 2.05) is 6.92 Å². The van der Waals surface area contributed by atoms with Gasteiger partial charge >= 0.3 is 6.18 Å². The standard InChI is InChI=1S/C20H30F3N3O2.HI/c1-3-24-18(25-10-5-11-27-2)26-15-19(8-12-28-13-9-19)16-6-4-7-17(14-16)20(21,22)23;/h4,6-7,14H,3,5,8-13,15H2,1-2H3,(H2,24,25,26);1H. The highest BCUT2D eigenvalue weighted by molar-refractivity contribution is 14.0. The van der Waals surface area contributed by atoms with Crippen molar-refractivity contribution in [3.05, 3.63) is 35.4 Å². The van der Waals surface area contributed by atoms with Crippen molar-refractivity contribution in [3.63, 3.8) is 0 Å². The van der Waals surface area contributed by atoms with E-state index >= 15 is 0 Å². The normalized spacial score (nSPS) is 16.8. The molecule has 0 aliphatic carbocycles. The first-order chi connectivity index (χ1) is 13.4. The number of guanidine groups is 1. The van der Waals surface area contributed by atoms with E-state index < -0.39 is 17.2 Å². The molecule has 1 saturated heterocycles. The van der Waals surface area contributed by atoms with E-state index in [4.69, 9.17) is 14.5 Å². The smallest absolute Gasteiger partial charge is 0.385 e. The highest BCUT2D eigenvalue weighted by Crippen LogP contribution is 2.38. The first-order valence-electron chi connectivity index (χ1n) is 9.68. The van der Waals surface area contributed by atoms with Crippen LogP contribution in [0.5, 0.6) is 0 Å². The summed E-state index contributed by atoms with van der Waals surface area (Å²) >= 11 is 0. The number of hydrogen-bond donors (Lipinski definition) is 2. The summed E-state index contributed by atoms with van der Waals surface area (Å²) in [6.45, 7) is 5.47. The quantitative estimate of drug-likeness (QED) is 0.232. The summed E-state index contributed by atoms with van der Waals surface area (Å²) < 4.78 is 50.1. The van der Waals surface area contributed by atoms with Crippen LogP contribution < -0.4 is 10.6 Å². The van der Waals surface area contributed by atoms with Gasteiger partial charge in [0.1, 0.15) is 0 Å². The number of nitrogens with one attached hydrogen (secondary N) is 2. The van der Waals surface area contributed by atoms with Crippen molar-refractivity contribution < 1.29 is 22.6 Å². The number of halogens is 4. The molecule has 0 unspecified atom stereocenters. The molecule has 1 aliphatic heterocycles. The van der Waals surface area contributed by atoms with Gasteiger partial charge in [0, 0.05) is 45.4 Å². The highest BCUT2D eigenvalue weighted by atomic mass is 127. The Morgan fingerprint density at radius 2 is 1.97 bits per heavy atom. The molecule has 0 bridgehead atoms. The van der Waals surface area contributed by atoms with Crippen molar-refractivity contribution >= 4 is 29.9 Å². The highest BCUT2D eigenvalue weighted by Gasteiger charge is 2.37. The van der Waals surface area contributed by atoms with Crippen molar-refractivity contribution in [1.82, 2.24) is 10.6 Å². The molecule has 29 heavy (non-hydrogen) atoms. The van der Waals surface area contributed by atoms with Crippen LogP contribution in [0.15, 0.2) is 29.3 Å². The van der Waals surface area contributed by atoms with E-state index in [1.165, 1.54) is 12.1 Å².